The summed E-state index contributed by atoms with van der Waals surface area (Å²) < 4.78 is 66.3. The molecule has 0 aliphatic heterocycles. The summed E-state index contributed by atoms with van der Waals surface area (Å²) in [6.45, 7) is 7.74. The lowest BCUT2D eigenvalue weighted by molar-refractivity contribution is 0.584. The molecule has 0 amide bonds. The van der Waals surface area contributed by atoms with E-state index in [1.165, 1.54) is 12.1 Å². The summed E-state index contributed by atoms with van der Waals surface area (Å²) in [5.74, 6) is -3.09. The van der Waals surface area contributed by atoms with Crippen LogP contribution < -0.4 is 9.80 Å². The van der Waals surface area contributed by atoms with Gasteiger partial charge in [0.1, 0.15) is 11.6 Å². The van der Waals surface area contributed by atoms with Gasteiger partial charge in [-0.2, -0.15) is 5.26 Å². The number of halogens is 4. The van der Waals surface area contributed by atoms with Gasteiger partial charge in [0.05, 0.1) is 41.0 Å². The molecule has 0 unspecified atom stereocenters. The Balaban J connectivity index is 1.13. The first-order valence-electron chi connectivity index (χ1n) is 23.8. The molecule has 74 heavy (non-hydrogen) atoms. The highest BCUT2D eigenvalue weighted by molar-refractivity contribution is 6.28. The van der Waals surface area contributed by atoms with E-state index >= 15 is 17.6 Å². The van der Waals surface area contributed by atoms with Crippen LogP contribution in [0.3, 0.4) is 0 Å². The van der Waals surface area contributed by atoms with Gasteiger partial charge in [0, 0.05) is 45.4 Å². The summed E-state index contributed by atoms with van der Waals surface area (Å²) in [5.41, 5.74) is 8.32. The molecule has 0 heterocycles. The largest absolute Gasteiger partial charge is 0.307 e. The predicted molar refractivity (Wildman–Crippen MR) is 292 cm³/mol. The molecule has 0 saturated carbocycles. The number of hydrogen-bond acceptors (Lipinski definition) is 3. The molecule has 0 atom stereocenters. The van der Waals surface area contributed by atoms with Crippen molar-refractivity contribution in [3.63, 3.8) is 0 Å². The highest BCUT2D eigenvalue weighted by Crippen LogP contribution is 2.52. The maximum Gasteiger partial charge on any atom is 0.187 e. The van der Waals surface area contributed by atoms with Crippen molar-refractivity contribution in [3.8, 4) is 50.6 Å². The van der Waals surface area contributed by atoms with Gasteiger partial charge in [0.15, 0.2) is 17.3 Å². The summed E-state index contributed by atoms with van der Waals surface area (Å²) in [6.07, 6.45) is 0. The summed E-state index contributed by atoms with van der Waals surface area (Å²) in [4.78, 5) is 7.21. The number of rotatable bonds is 10. The fraction of sp³-hybridized carbons (Fsp3) is 0. The van der Waals surface area contributed by atoms with Gasteiger partial charge < -0.3 is 9.80 Å². The molecule has 0 aliphatic rings. The average molecular weight is 963 g/mol. The third-order valence-electron chi connectivity index (χ3n) is 13.7. The molecule has 0 radical (unpaired) electrons. The van der Waals surface area contributed by atoms with Crippen LogP contribution in [0.4, 0.5) is 57.4 Å². The zero-order valence-corrected chi connectivity index (χ0v) is 39.2. The van der Waals surface area contributed by atoms with Crippen LogP contribution in [0, 0.1) is 41.2 Å². The standard InChI is InChI=1S/C66H38F4N4/c1-72-48-26-30-50(31-27-48)74(66-58(37-47(68)39-60(66)70)54-19-11-9-17-52(54)43-14-6-3-7-15-43)62-35-25-45-22-32-55-61(34-24-44-23-33-56(62)64(45)63(44)55)73(49-28-20-41(40-71)21-29-49)65-57(36-46(67)38-59(65)69)53-18-10-8-16-51(53)42-12-4-2-5-13-42/h2-39H. The lowest BCUT2D eigenvalue weighted by atomic mass is 9.90. The molecule has 0 saturated heterocycles. The van der Waals surface area contributed by atoms with Crippen molar-refractivity contribution >= 4 is 72.1 Å². The van der Waals surface area contributed by atoms with Gasteiger partial charge in [-0.1, -0.05) is 158 Å². The Morgan fingerprint density at radius 2 is 0.784 bits per heavy atom. The first-order valence-corrected chi connectivity index (χ1v) is 23.8. The Hall–Kier alpha value is -10.0. The van der Waals surface area contributed by atoms with E-state index in [1.54, 1.807) is 58.3 Å². The quantitative estimate of drug-likeness (QED) is 0.0778. The minimum Gasteiger partial charge on any atom is -0.307 e. The molecule has 0 aliphatic carbocycles. The van der Waals surface area contributed by atoms with E-state index < -0.39 is 23.3 Å². The Labute approximate surface area is 424 Å². The van der Waals surface area contributed by atoms with Gasteiger partial charge in [-0.25, -0.2) is 22.4 Å². The fourth-order valence-electron chi connectivity index (χ4n) is 10.5. The Bertz CT molecular complexity index is 3930. The van der Waals surface area contributed by atoms with Crippen molar-refractivity contribution < 1.29 is 17.6 Å². The third kappa shape index (κ3) is 7.79. The van der Waals surface area contributed by atoms with Gasteiger partial charge in [-0.05, 0) is 116 Å². The Morgan fingerprint density at radius 1 is 0.392 bits per heavy atom. The predicted octanol–water partition coefficient (Wildman–Crippen LogP) is 19.2. The van der Waals surface area contributed by atoms with Gasteiger partial charge >= 0.3 is 0 Å². The van der Waals surface area contributed by atoms with Crippen LogP contribution in [-0.4, -0.2) is 0 Å². The van der Waals surface area contributed by atoms with Gasteiger partial charge in [0.25, 0.3) is 0 Å². The molecule has 12 aromatic carbocycles. The molecule has 8 heteroatoms. The van der Waals surface area contributed by atoms with E-state index in [4.69, 9.17) is 6.57 Å². The van der Waals surface area contributed by atoms with Gasteiger partial charge in [-0.15, -0.1) is 0 Å². The van der Waals surface area contributed by atoms with Gasteiger partial charge in [0.2, 0.25) is 0 Å². The Kier molecular flexibility index (Phi) is 11.4. The molecule has 0 bridgehead atoms. The van der Waals surface area contributed by atoms with E-state index in [-0.39, 0.29) is 11.4 Å². The van der Waals surface area contributed by atoms with Crippen LogP contribution in [0.25, 0.3) is 81.7 Å². The molecule has 12 rings (SSSR count). The topological polar surface area (TPSA) is 34.6 Å². The SMILES string of the molecule is [C-]#[N+]c1ccc(N(c2c(F)cc(F)cc2-c2ccccc2-c2ccccc2)c2ccc3ccc4c(N(c5ccc(C#N)cc5)c5c(F)cc(F)cc5-c5ccccc5-c5ccccc5)ccc5ccc2c3c54)cc1. The first kappa shape index (κ1) is 45.1. The summed E-state index contributed by atoms with van der Waals surface area (Å²) in [6, 6.07) is 70.6. The zero-order valence-electron chi connectivity index (χ0n) is 39.2. The van der Waals surface area contributed by atoms with Gasteiger partial charge in [-0.3, -0.25) is 0 Å². The first-order chi connectivity index (χ1) is 36.3. The molecular weight excluding hydrogens is 925 g/mol. The van der Waals surface area contributed by atoms with Crippen LogP contribution in [0.2, 0.25) is 0 Å². The molecule has 0 spiro atoms. The molecule has 4 nitrogen and oxygen atoms in total. The lowest BCUT2D eigenvalue weighted by Crippen LogP contribution is -2.15. The number of nitriles is 1. The smallest absolute Gasteiger partial charge is 0.187 e. The summed E-state index contributed by atoms with van der Waals surface area (Å²) in [7, 11) is 0. The molecule has 350 valence electrons. The van der Waals surface area contributed by atoms with Crippen molar-refractivity contribution in [2.24, 2.45) is 0 Å². The Morgan fingerprint density at radius 3 is 1.20 bits per heavy atom. The van der Waals surface area contributed by atoms with Crippen LogP contribution in [-0.2, 0) is 0 Å². The van der Waals surface area contributed by atoms with Crippen LogP contribution in [0.15, 0.2) is 231 Å². The van der Waals surface area contributed by atoms with Crippen molar-refractivity contribution in [2.75, 3.05) is 9.80 Å². The summed E-state index contributed by atoms with van der Waals surface area (Å²) >= 11 is 0. The second kappa shape index (κ2) is 18.6. The van der Waals surface area contributed by atoms with Crippen molar-refractivity contribution in [1.29, 1.82) is 5.26 Å². The van der Waals surface area contributed by atoms with Crippen LogP contribution in [0.5, 0.6) is 0 Å². The average Bonchev–Trinajstić information content (AvgIpc) is 3.45. The normalized spacial score (nSPS) is 11.2. The second-order valence-corrected chi connectivity index (χ2v) is 17.9. The maximum atomic E-state index is 17.3. The number of hydrogen-bond donors (Lipinski definition) is 0. The maximum absolute atomic E-state index is 17.3. The third-order valence-corrected chi connectivity index (χ3v) is 13.7. The highest BCUT2D eigenvalue weighted by atomic mass is 19.1. The molecule has 0 N–H and O–H groups in total. The van der Waals surface area contributed by atoms with E-state index in [0.717, 1.165) is 66.7 Å². The van der Waals surface area contributed by atoms with Crippen LogP contribution >= 0.6 is 0 Å². The second-order valence-electron chi connectivity index (χ2n) is 17.9. The lowest BCUT2D eigenvalue weighted by Gasteiger charge is -2.31. The van der Waals surface area contributed by atoms with Crippen molar-refractivity contribution in [3.05, 3.63) is 271 Å². The highest BCUT2D eigenvalue weighted by Gasteiger charge is 2.29. The van der Waals surface area contributed by atoms with E-state index in [0.29, 0.717) is 56.3 Å². The monoisotopic (exact) mass is 962 g/mol. The molecule has 0 aromatic heterocycles. The van der Waals surface area contributed by atoms with Crippen LogP contribution in [0.1, 0.15) is 5.56 Å². The molecule has 0 fully saturated rings. The number of nitrogens with zero attached hydrogens (tertiary/aromatic N) is 4. The van der Waals surface area contributed by atoms with E-state index in [9.17, 15) is 5.26 Å². The fourth-order valence-corrected chi connectivity index (χ4v) is 10.5. The summed E-state index contributed by atoms with van der Waals surface area (Å²) in [5, 5.41) is 14.7. The number of benzene rings is 12. The van der Waals surface area contributed by atoms with Crippen molar-refractivity contribution in [2.45, 2.75) is 0 Å². The zero-order chi connectivity index (χ0) is 50.5. The minimum absolute atomic E-state index is 0.0966. The van der Waals surface area contributed by atoms with Crippen molar-refractivity contribution in [1.82, 2.24) is 0 Å². The van der Waals surface area contributed by atoms with E-state index in [2.05, 4.69) is 10.9 Å². The molecular formula is C66H38F4N4. The molecule has 12 aromatic rings. The number of anilines is 6. The minimum atomic E-state index is -0.800. The van der Waals surface area contributed by atoms with E-state index in [1.807, 2.05) is 158 Å².